The number of aromatic hydroxyl groups is 1. The van der Waals surface area contributed by atoms with Gasteiger partial charge in [0, 0.05) is 25.3 Å². The molecule has 0 aliphatic carbocycles. The number of aliphatic hydroxyl groups excluding tert-OH is 2. The third-order valence-corrected chi connectivity index (χ3v) is 5.97. The first-order valence-corrected chi connectivity index (χ1v) is 12.2. The Morgan fingerprint density at radius 1 is 0.912 bits per heavy atom. The highest BCUT2D eigenvalue weighted by Gasteiger charge is 2.10. The third kappa shape index (κ3) is 8.29. The van der Waals surface area contributed by atoms with Crippen LogP contribution in [0.3, 0.4) is 0 Å². The van der Waals surface area contributed by atoms with Crippen LogP contribution in [0.4, 0.5) is 0 Å². The van der Waals surface area contributed by atoms with Crippen LogP contribution in [0.2, 0.25) is 0 Å². The molecule has 0 saturated carbocycles. The van der Waals surface area contributed by atoms with Crippen LogP contribution < -0.4 is 11.0 Å². The number of hydrogen-bond donors (Lipinski definition) is 6. The summed E-state index contributed by atoms with van der Waals surface area (Å²) < 4.78 is 5.74. The van der Waals surface area contributed by atoms with Crippen LogP contribution in [0.25, 0.3) is 11.0 Å². The molecule has 8 nitrogen and oxygen atoms in total. The molecule has 8 heteroatoms. The Balaban J connectivity index is 1.14. The summed E-state index contributed by atoms with van der Waals surface area (Å²) in [4.78, 5) is 16.9. The van der Waals surface area contributed by atoms with Crippen molar-refractivity contribution in [3.05, 3.63) is 63.6 Å². The van der Waals surface area contributed by atoms with Crippen molar-refractivity contribution in [3.63, 3.8) is 0 Å². The number of nitrogens with one attached hydrogen (secondary N) is 3. The van der Waals surface area contributed by atoms with E-state index in [2.05, 4.69) is 21.4 Å². The van der Waals surface area contributed by atoms with Gasteiger partial charge in [0.15, 0.2) is 0 Å². The van der Waals surface area contributed by atoms with Crippen LogP contribution in [-0.4, -0.2) is 51.6 Å². The van der Waals surface area contributed by atoms with Crippen molar-refractivity contribution in [3.8, 4) is 5.75 Å². The maximum absolute atomic E-state index is 11.3. The van der Waals surface area contributed by atoms with E-state index >= 15 is 0 Å². The Morgan fingerprint density at radius 2 is 1.68 bits per heavy atom. The van der Waals surface area contributed by atoms with E-state index in [0.29, 0.717) is 17.7 Å². The van der Waals surface area contributed by atoms with Gasteiger partial charge in [0.05, 0.1) is 23.7 Å². The number of benzene rings is 2. The van der Waals surface area contributed by atoms with Gasteiger partial charge in [-0.05, 0) is 74.0 Å². The van der Waals surface area contributed by atoms with Gasteiger partial charge in [0.25, 0.3) is 0 Å². The Labute approximate surface area is 200 Å². The van der Waals surface area contributed by atoms with Crippen molar-refractivity contribution in [2.45, 2.75) is 57.7 Å². The Kier molecular flexibility index (Phi) is 10.6. The van der Waals surface area contributed by atoms with Crippen LogP contribution in [0, 0.1) is 0 Å². The Hall–Kier alpha value is -2.65. The summed E-state index contributed by atoms with van der Waals surface area (Å²) in [6.45, 7) is 2.59. The molecular formula is C26H37N3O5. The van der Waals surface area contributed by atoms with Gasteiger partial charge in [-0.25, -0.2) is 4.79 Å². The van der Waals surface area contributed by atoms with Crippen LogP contribution >= 0.6 is 0 Å². The number of hydrogen-bond acceptors (Lipinski definition) is 6. The normalized spacial score (nSPS) is 12.4. The predicted molar refractivity (Wildman–Crippen MR) is 133 cm³/mol. The van der Waals surface area contributed by atoms with Crippen molar-refractivity contribution >= 4 is 11.0 Å². The van der Waals surface area contributed by atoms with E-state index in [1.807, 2.05) is 12.1 Å². The second-order valence-corrected chi connectivity index (χ2v) is 8.71. The zero-order valence-corrected chi connectivity index (χ0v) is 19.7. The average Bonchev–Trinajstić information content (AvgIpc) is 3.21. The highest BCUT2D eigenvalue weighted by atomic mass is 16.5. The van der Waals surface area contributed by atoms with Crippen LogP contribution in [0.1, 0.15) is 61.3 Å². The summed E-state index contributed by atoms with van der Waals surface area (Å²) in [7, 11) is 0. The van der Waals surface area contributed by atoms with Crippen molar-refractivity contribution < 1.29 is 20.1 Å². The van der Waals surface area contributed by atoms with Gasteiger partial charge in [-0.15, -0.1) is 0 Å². The van der Waals surface area contributed by atoms with Gasteiger partial charge in [0.1, 0.15) is 5.75 Å². The fourth-order valence-electron chi connectivity index (χ4n) is 3.97. The lowest BCUT2D eigenvalue weighted by Crippen LogP contribution is -2.22. The number of aromatic nitrogens is 2. The molecule has 1 aromatic heterocycles. The molecule has 0 bridgehead atoms. The molecule has 2 aromatic carbocycles. The number of aromatic amines is 2. The first kappa shape index (κ1) is 26.0. The summed E-state index contributed by atoms with van der Waals surface area (Å²) in [6, 6.07) is 10.8. The van der Waals surface area contributed by atoms with Gasteiger partial charge in [0.2, 0.25) is 0 Å². The van der Waals surface area contributed by atoms with E-state index in [9.17, 15) is 20.1 Å². The zero-order chi connectivity index (χ0) is 24.2. The summed E-state index contributed by atoms with van der Waals surface area (Å²) in [5.41, 5.74) is 3.87. The molecule has 0 saturated heterocycles. The Morgan fingerprint density at radius 3 is 2.50 bits per heavy atom. The van der Waals surface area contributed by atoms with Gasteiger partial charge in [-0.3, -0.25) is 0 Å². The van der Waals surface area contributed by atoms with E-state index in [4.69, 9.17) is 4.74 Å². The monoisotopic (exact) mass is 471 g/mol. The first-order valence-electron chi connectivity index (χ1n) is 12.2. The number of aryl methyl sites for hydroxylation is 1. The number of phenols is 1. The molecule has 3 rings (SSSR count). The van der Waals surface area contributed by atoms with E-state index in [1.165, 1.54) is 11.6 Å². The molecule has 0 spiro atoms. The molecular weight excluding hydrogens is 434 g/mol. The van der Waals surface area contributed by atoms with Crippen molar-refractivity contribution in [2.24, 2.45) is 0 Å². The first-order chi connectivity index (χ1) is 16.6. The topological polar surface area (TPSA) is 131 Å². The molecule has 34 heavy (non-hydrogen) atoms. The number of H-pyrrole nitrogens is 2. The van der Waals surface area contributed by atoms with Crippen molar-refractivity contribution in [2.75, 3.05) is 26.3 Å². The fourth-order valence-corrected chi connectivity index (χ4v) is 3.97. The Bertz CT molecular complexity index is 1060. The SMILES string of the molecule is O=c1[nH]c2ccc(CCCCOCCCCCCNC[C@H](O)c3ccc(O)c(CO)c3)cc2[nH]1. The lowest BCUT2D eigenvalue weighted by Gasteiger charge is -2.14. The number of ether oxygens (including phenoxy) is 1. The van der Waals surface area contributed by atoms with E-state index in [-0.39, 0.29) is 18.0 Å². The van der Waals surface area contributed by atoms with Crippen LogP contribution in [-0.2, 0) is 17.8 Å². The fraction of sp³-hybridized carbons (Fsp3) is 0.500. The minimum Gasteiger partial charge on any atom is -0.508 e. The summed E-state index contributed by atoms with van der Waals surface area (Å²) in [5.74, 6) is 0.0422. The highest BCUT2D eigenvalue weighted by molar-refractivity contribution is 5.74. The second-order valence-electron chi connectivity index (χ2n) is 8.71. The predicted octanol–water partition coefficient (Wildman–Crippen LogP) is 3.28. The molecule has 0 fully saturated rings. The number of fused-ring (bicyclic) bond motifs is 1. The van der Waals surface area contributed by atoms with Crippen LogP contribution in [0.5, 0.6) is 5.75 Å². The maximum atomic E-state index is 11.3. The average molecular weight is 472 g/mol. The molecule has 0 radical (unpaired) electrons. The van der Waals surface area contributed by atoms with E-state index in [0.717, 1.165) is 75.7 Å². The van der Waals surface area contributed by atoms with Crippen LogP contribution in [0.15, 0.2) is 41.2 Å². The number of rotatable bonds is 16. The maximum Gasteiger partial charge on any atom is 0.323 e. The second kappa shape index (κ2) is 13.9. The van der Waals surface area contributed by atoms with E-state index < -0.39 is 6.10 Å². The minimum atomic E-state index is -0.667. The smallest absolute Gasteiger partial charge is 0.323 e. The quantitative estimate of drug-likeness (QED) is 0.178. The molecule has 3 aromatic rings. The molecule has 0 unspecified atom stereocenters. The van der Waals surface area contributed by atoms with Gasteiger partial charge >= 0.3 is 5.69 Å². The third-order valence-electron chi connectivity index (χ3n) is 5.97. The summed E-state index contributed by atoms with van der Waals surface area (Å²) in [6.07, 6.45) is 6.72. The lowest BCUT2D eigenvalue weighted by molar-refractivity contribution is 0.126. The largest absolute Gasteiger partial charge is 0.508 e. The van der Waals surface area contributed by atoms with Crippen molar-refractivity contribution in [1.29, 1.82) is 0 Å². The molecule has 0 aliphatic heterocycles. The number of imidazole rings is 1. The van der Waals surface area contributed by atoms with Crippen molar-refractivity contribution in [1.82, 2.24) is 15.3 Å². The molecule has 186 valence electrons. The van der Waals surface area contributed by atoms with Gasteiger partial charge in [-0.2, -0.15) is 0 Å². The van der Waals surface area contributed by atoms with Gasteiger partial charge < -0.3 is 35.3 Å². The zero-order valence-electron chi connectivity index (χ0n) is 19.7. The lowest BCUT2D eigenvalue weighted by atomic mass is 10.1. The van der Waals surface area contributed by atoms with Gasteiger partial charge in [-0.1, -0.05) is 25.0 Å². The molecule has 0 amide bonds. The highest BCUT2D eigenvalue weighted by Crippen LogP contribution is 2.22. The number of unbranched alkanes of at least 4 members (excludes halogenated alkanes) is 4. The minimum absolute atomic E-state index is 0.0422. The summed E-state index contributed by atoms with van der Waals surface area (Å²) >= 11 is 0. The number of aliphatic hydroxyl groups is 2. The molecule has 0 aliphatic rings. The standard InChI is InChI=1S/C26H37N3O5/c30-18-21-16-20(9-11-24(21)31)25(32)17-27-12-4-1-2-5-13-34-14-6-3-7-19-8-10-22-23(15-19)29-26(33)28-22/h8-11,15-16,25,27,30-32H,1-7,12-14,17-18H2,(H2,28,29,33)/t25-/m0/s1. The molecule has 1 atom stereocenters. The summed E-state index contributed by atoms with van der Waals surface area (Å²) in [5, 5.41) is 32.3. The van der Waals surface area contributed by atoms with E-state index in [1.54, 1.807) is 12.1 Å². The molecule has 6 N–H and O–H groups in total. The molecule has 1 heterocycles.